The summed E-state index contributed by atoms with van der Waals surface area (Å²) in [5.74, 6) is 0.334. The molecule has 1 aliphatic heterocycles. The molecular weight excluding hydrogens is 330 g/mol. The fourth-order valence-corrected chi connectivity index (χ4v) is 3.05. The number of ether oxygens (including phenoxy) is 1. The molecule has 0 spiro atoms. The zero-order valence-electron chi connectivity index (χ0n) is 13.2. The number of nitrogens with one attached hydrogen (secondary N) is 2. The Bertz CT molecular complexity index is 671. The van der Waals surface area contributed by atoms with E-state index in [2.05, 4.69) is 20.7 Å². The van der Waals surface area contributed by atoms with Crippen molar-refractivity contribution < 1.29 is 9.53 Å². The number of amides is 1. The van der Waals surface area contributed by atoms with E-state index in [-0.39, 0.29) is 5.91 Å². The zero-order chi connectivity index (χ0) is 16.8. The van der Waals surface area contributed by atoms with Crippen molar-refractivity contribution in [1.82, 2.24) is 25.4 Å². The minimum Gasteiger partial charge on any atom is -0.475 e. The van der Waals surface area contributed by atoms with E-state index in [1.807, 2.05) is 12.3 Å². The standard InChI is InChI=1S/C16H20ClN5O2/c17-13-3-1-6-19-14(13)24-12-10-20-15(23)16(4-8-18-9-5-16)22-11-2-7-21-22/h1-3,6-7,11,18H,4-5,8-10,12H2,(H,20,23). The Balaban J connectivity index is 1.57. The van der Waals surface area contributed by atoms with Crippen LogP contribution < -0.4 is 15.4 Å². The molecule has 1 fully saturated rings. The van der Waals surface area contributed by atoms with Crippen LogP contribution in [-0.4, -0.2) is 46.9 Å². The first-order valence-electron chi connectivity index (χ1n) is 7.95. The Labute approximate surface area is 145 Å². The van der Waals surface area contributed by atoms with Gasteiger partial charge in [-0.25, -0.2) is 4.98 Å². The Morgan fingerprint density at radius 3 is 2.92 bits per heavy atom. The lowest BCUT2D eigenvalue weighted by atomic mass is 9.87. The van der Waals surface area contributed by atoms with Crippen molar-refractivity contribution >= 4 is 17.5 Å². The first-order valence-corrected chi connectivity index (χ1v) is 8.33. The van der Waals surface area contributed by atoms with Crippen LogP contribution in [0.25, 0.3) is 0 Å². The molecule has 0 unspecified atom stereocenters. The highest BCUT2D eigenvalue weighted by atomic mass is 35.5. The number of piperidine rings is 1. The number of pyridine rings is 1. The second-order valence-corrected chi connectivity index (χ2v) is 6.03. The van der Waals surface area contributed by atoms with E-state index >= 15 is 0 Å². The molecule has 3 rings (SSSR count). The van der Waals surface area contributed by atoms with Crippen LogP contribution in [-0.2, 0) is 10.3 Å². The van der Waals surface area contributed by atoms with Crippen LogP contribution in [0.1, 0.15) is 12.8 Å². The summed E-state index contributed by atoms with van der Waals surface area (Å²) in [6.07, 6.45) is 6.56. The minimum atomic E-state index is -0.641. The van der Waals surface area contributed by atoms with Crippen LogP contribution in [0.5, 0.6) is 5.88 Å². The lowest BCUT2D eigenvalue weighted by molar-refractivity contribution is -0.132. The van der Waals surface area contributed by atoms with E-state index in [9.17, 15) is 4.79 Å². The quantitative estimate of drug-likeness (QED) is 0.766. The summed E-state index contributed by atoms with van der Waals surface area (Å²) in [7, 11) is 0. The van der Waals surface area contributed by atoms with Crippen molar-refractivity contribution in [3.63, 3.8) is 0 Å². The molecule has 128 valence electrons. The predicted molar refractivity (Wildman–Crippen MR) is 90.1 cm³/mol. The normalized spacial score (nSPS) is 16.5. The van der Waals surface area contributed by atoms with E-state index in [4.69, 9.17) is 16.3 Å². The van der Waals surface area contributed by atoms with Crippen LogP contribution >= 0.6 is 11.6 Å². The molecule has 0 bridgehead atoms. The number of carbonyl (C=O) groups excluding carboxylic acids is 1. The van der Waals surface area contributed by atoms with Gasteiger partial charge < -0.3 is 15.4 Å². The Hall–Kier alpha value is -2.12. The summed E-state index contributed by atoms with van der Waals surface area (Å²) in [6, 6.07) is 5.29. The van der Waals surface area contributed by atoms with Gasteiger partial charge in [-0.1, -0.05) is 11.6 Å². The number of aromatic nitrogens is 3. The molecule has 1 aliphatic rings. The molecule has 1 amide bonds. The Morgan fingerprint density at radius 1 is 1.38 bits per heavy atom. The molecule has 2 aromatic heterocycles. The third-order valence-electron chi connectivity index (χ3n) is 4.15. The van der Waals surface area contributed by atoms with E-state index in [1.165, 1.54) is 0 Å². The van der Waals surface area contributed by atoms with E-state index in [0.717, 1.165) is 13.1 Å². The average molecular weight is 350 g/mol. The van der Waals surface area contributed by atoms with Gasteiger partial charge in [0.15, 0.2) is 0 Å². The maximum absolute atomic E-state index is 12.8. The first-order chi connectivity index (χ1) is 11.7. The zero-order valence-corrected chi connectivity index (χ0v) is 14.0. The summed E-state index contributed by atoms with van der Waals surface area (Å²) >= 11 is 5.98. The van der Waals surface area contributed by atoms with Gasteiger partial charge in [-0.15, -0.1) is 0 Å². The van der Waals surface area contributed by atoms with Gasteiger partial charge in [-0.05, 0) is 44.1 Å². The summed E-state index contributed by atoms with van der Waals surface area (Å²) in [6.45, 7) is 2.25. The number of hydrogen-bond acceptors (Lipinski definition) is 5. The molecule has 1 saturated heterocycles. The number of halogens is 1. The molecule has 0 aliphatic carbocycles. The maximum Gasteiger partial charge on any atom is 0.248 e. The number of hydrogen-bond donors (Lipinski definition) is 2. The van der Waals surface area contributed by atoms with Crippen molar-refractivity contribution in [3.05, 3.63) is 41.8 Å². The van der Waals surface area contributed by atoms with E-state index in [0.29, 0.717) is 36.9 Å². The van der Waals surface area contributed by atoms with Gasteiger partial charge in [0.2, 0.25) is 11.8 Å². The molecule has 0 atom stereocenters. The number of nitrogens with zero attached hydrogens (tertiary/aromatic N) is 3. The van der Waals surface area contributed by atoms with Crippen LogP contribution in [0.3, 0.4) is 0 Å². The fourth-order valence-electron chi connectivity index (χ4n) is 2.88. The summed E-state index contributed by atoms with van der Waals surface area (Å²) in [5.41, 5.74) is -0.641. The number of rotatable bonds is 6. The average Bonchev–Trinajstić information content (AvgIpc) is 3.15. The topological polar surface area (TPSA) is 81.1 Å². The molecule has 24 heavy (non-hydrogen) atoms. The molecule has 2 aromatic rings. The van der Waals surface area contributed by atoms with Crippen molar-refractivity contribution in [2.45, 2.75) is 18.4 Å². The molecular formula is C16H20ClN5O2. The summed E-state index contributed by atoms with van der Waals surface area (Å²) < 4.78 is 7.27. The van der Waals surface area contributed by atoms with Gasteiger partial charge in [0.1, 0.15) is 17.2 Å². The molecule has 8 heteroatoms. The third kappa shape index (κ3) is 3.52. The van der Waals surface area contributed by atoms with Crippen molar-refractivity contribution in [2.24, 2.45) is 0 Å². The smallest absolute Gasteiger partial charge is 0.248 e. The van der Waals surface area contributed by atoms with E-state index in [1.54, 1.807) is 29.2 Å². The van der Waals surface area contributed by atoms with Crippen LogP contribution in [0.4, 0.5) is 0 Å². The van der Waals surface area contributed by atoms with Gasteiger partial charge >= 0.3 is 0 Å². The second-order valence-electron chi connectivity index (χ2n) is 5.63. The molecule has 0 aromatic carbocycles. The summed E-state index contributed by atoms with van der Waals surface area (Å²) in [5, 5.41) is 11.0. The SMILES string of the molecule is O=C(NCCOc1ncccc1Cl)C1(n2cccn2)CCNCC1. The second kappa shape index (κ2) is 7.63. The highest BCUT2D eigenvalue weighted by molar-refractivity contribution is 6.31. The highest BCUT2D eigenvalue weighted by Crippen LogP contribution is 2.27. The van der Waals surface area contributed by atoms with Crippen LogP contribution in [0.15, 0.2) is 36.8 Å². The van der Waals surface area contributed by atoms with Crippen LogP contribution in [0, 0.1) is 0 Å². The third-order valence-corrected chi connectivity index (χ3v) is 4.44. The minimum absolute atomic E-state index is 0.0385. The van der Waals surface area contributed by atoms with Gasteiger partial charge in [-0.2, -0.15) is 5.10 Å². The van der Waals surface area contributed by atoms with Crippen molar-refractivity contribution in [1.29, 1.82) is 0 Å². The Kier molecular flexibility index (Phi) is 5.32. The van der Waals surface area contributed by atoms with Gasteiger partial charge in [-0.3, -0.25) is 9.48 Å². The van der Waals surface area contributed by atoms with Crippen molar-refractivity contribution in [2.75, 3.05) is 26.2 Å². The first kappa shape index (κ1) is 16.7. The summed E-state index contributed by atoms with van der Waals surface area (Å²) in [4.78, 5) is 16.8. The monoisotopic (exact) mass is 349 g/mol. The van der Waals surface area contributed by atoms with Gasteiger partial charge in [0.05, 0.1) is 6.54 Å². The highest BCUT2D eigenvalue weighted by Gasteiger charge is 2.41. The van der Waals surface area contributed by atoms with Crippen LogP contribution in [0.2, 0.25) is 5.02 Å². The lowest BCUT2D eigenvalue weighted by Gasteiger charge is -2.36. The molecule has 3 heterocycles. The van der Waals surface area contributed by atoms with E-state index < -0.39 is 5.54 Å². The van der Waals surface area contributed by atoms with Crippen molar-refractivity contribution in [3.8, 4) is 5.88 Å². The van der Waals surface area contributed by atoms with Gasteiger partial charge in [0.25, 0.3) is 0 Å². The number of carbonyl (C=O) groups is 1. The predicted octanol–water partition coefficient (Wildman–Crippen LogP) is 1.21. The van der Waals surface area contributed by atoms with Gasteiger partial charge in [0, 0.05) is 18.6 Å². The molecule has 0 radical (unpaired) electrons. The maximum atomic E-state index is 12.8. The molecule has 7 nitrogen and oxygen atoms in total. The Morgan fingerprint density at radius 2 is 2.21 bits per heavy atom. The fraction of sp³-hybridized carbons (Fsp3) is 0.438. The lowest BCUT2D eigenvalue weighted by Crippen LogP contribution is -2.55. The molecule has 2 N–H and O–H groups in total. The molecule has 0 saturated carbocycles. The largest absolute Gasteiger partial charge is 0.475 e.